The molecule has 1 aromatic rings. The van der Waals surface area contributed by atoms with Crippen molar-refractivity contribution < 1.29 is 14.6 Å². The molecule has 92 valence electrons. The predicted octanol–water partition coefficient (Wildman–Crippen LogP) is 1.95. The average molecular weight is 234 g/mol. The van der Waals surface area contributed by atoms with Crippen LogP contribution in [0.4, 0.5) is 0 Å². The molecule has 2 rings (SSSR count). The zero-order valence-corrected chi connectivity index (χ0v) is 10.5. The maximum atomic E-state index is 10.6. The van der Waals surface area contributed by atoms with E-state index in [4.69, 9.17) is 9.47 Å². The monoisotopic (exact) mass is 234 g/mol. The van der Waals surface area contributed by atoms with Crippen molar-refractivity contribution in [1.82, 2.24) is 0 Å². The molecule has 0 saturated carbocycles. The van der Waals surface area contributed by atoms with Gasteiger partial charge in [-0.25, -0.2) is 0 Å². The molecule has 0 heterocycles. The van der Waals surface area contributed by atoms with Gasteiger partial charge in [0.05, 0.1) is 13.2 Å². The predicted molar refractivity (Wildman–Crippen MR) is 66.7 cm³/mol. The van der Waals surface area contributed by atoms with Crippen molar-refractivity contribution >= 4 is 5.57 Å². The summed E-state index contributed by atoms with van der Waals surface area (Å²) in [7, 11) is 3.30. The standard InChI is InChI=1S/C14H18O3/c1-14(15)12-7-5-4-6-10(12)11(8-16-2)13(14)9-17-3/h4-7,15H,8-9H2,1-3H3. The minimum atomic E-state index is -0.958. The molecule has 0 aliphatic heterocycles. The second-order valence-electron chi connectivity index (χ2n) is 4.44. The Hall–Kier alpha value is -1.16. The van der Waals surface area contributed by atoms with Crippen LogP contribution in [0.3, 0.4) is 0 Å². The Kier molecular flexibility index (Phi) is 3.33. The van der Waals surface area contributed by atoms with Gasteiger partial charge < -0.3 is 14.6 Å². The highest BCUT2D eigenvalue weighted by molar-refractivity contribution is 5.80. The van der Waals surface area contributed by atoms with Crippen LogP contribution in [0.5, 0.6) is 0 Å². The first-order chi connectivity index (χ1) is 8.12. The fourth-order valence-electron chi connectivity index (χ4n) is 2.47. The molecule has 0 saturated heterocycles. The second kappa shape index (κ2) is 4.61. The molecular weight excluding hydrogens is 216 g/mol. The number of fused-ring (bicyclic) bond motifs is 1. The molecule has 0 fully saturated rings. The van der Waals surface area contributed by atoms with Gasteiger partial charge in [0.1, 0.15) is 5.60 Å². The molecule has 1 aliphatic carbocycles. The van der Waals surface area contributed by atoms with Crippen molar-refractivity contribution in [3.8, 4) is 0 Å². The van der Waals surface area contributed by atoms with Gasteiger partial charge in [0.2, 0.25) is 0 Å². The molecule has 0 radical (unpaired) electrons. The van der Waals surface area contributed by atoms with Crippen molar-refractivity contribution in [2.24, 2.45) is 0 Å². The fourth-order valence-corrected chi connectivity index (χ4v) is 2.47. The van der Waals surface area contributed by atoms with Gasteiger partial charge in [0.15, 0.2) is 0 Å². The van der Waals surface area contributed by atoms with Crippen LogP contribution in [0.15, 0.2) is 29.8 Å². The maximum Gasteiger partial charge on any atom is 0.111 e. The van der Waals surface area contributed by atoms with E-state index in [-0.39, 0.29) is 0 Å². The Labute approximate surface area is 102 Å². The number of aliphatic hydroxyl groups is 1. The third-order valence-electron chi connectivity index (χ3n) is 3.31. The Morgan fingerprint density at radius 2 is 1.76 bits per heavy atom. The summed E-state index contributed by atoms with van der Waals surface area (Å²) in [5.74, 6) is 0. The molecule has 1 unspecified atom stereocenters. The number of methoxy groups -OCH3 is 2. The fraction of sp³-hybridized carbons (Fsp3) is 0.429. The molecule has 3 nitrogen and oxygen atoms in total. The number of benzene rings is 1. The zero-order valence-electron chi connectivity index (χ0n) is 10.5. The van der Waals surface area contributed by atoms with E-state index in [1.54, 1.807) is 14.2 Å². The lowest BCUT2D eigenvalue weighted by atomic mass is 9.93. The Bertz CT molecular complexity index is 447. The number of ether oxygens (including phenoxy) is 2. The van der Waals surface area contributed by atoms with E-state index in [1.165, 1.54) is 0 Å². The van der Waals surface area contributed by atoms with Gasteiger partial charge in [-0.3, -0.25) is 0 Å². The first kappa shape index (κ1) is 12.3. The van der Waals surface area contributed by atoms with E-state index >= 15 is 0 Å². The molecule has 3 heteroatoms. The zero-order chi connectivity index (χ0) is 12.5. The highest BCUT2D eigenvalue weighted by atomic mass is 16.5. The Morgan fingerprint density at radius 1 is 1.12 bits per heavy atom. The summed E-state index contributed by atoms with van der Waals surface area (Å²) in [5, 5.41) is 10.6. The summed E-state index contributed by atoms with van der Waals surface area (Å²) in [5.41, 5.74) is 2.96. The highest BCUT2D eigenvalue weighted by Crippen LogP contribution is 2.44. The third-order valence-corrected chi connectivity index (χ3v) is 3.31. The van der Waals surface area contributed by atoms with Crippen LogP contribution in [0.1, 0.15) is 18.1 Å². The summed E-state index contributed by atoms with van der Waals surface area (Å²) < 4.78 is 10.4. The van der Waals surface area contributed by atoms with Gasteiger partial charge in [0.25, 0.3) is 0 Å². The van der Waals surface area contributed by atoms with Gasteiger partial charge in [0, 0.05) is 14.2 Å². The average Bonchev–Trinajstić information content (AvgIpc) is 2.52. The lowest BCUT2D eigenvalue weighted by Gasteiger charge is -2.22. The van der Waals surface area contributed by atoms with Crippen molar-refractivity contribution in [1.29, 1.82) is 0 Å². The number of hydrogen-bond donors (Lipinski definition) is 1. The SMILES string of the molecule is COCC1=C(COC)C(C)(O)c2ccccc21. The molecule has 1 atom stereocenters. The molecule has 17 heavy (non-hydrogen) atoms. The highest BCUT2D eigenvalue weighted by Gasteiger charge is 2.39. The van der Waals surface area contributed by atoms with E-state index < -0.39 is 5.60 Å². The van der Waals surface area contributed by atoms with Crippen LogP contribution < -0.4 is 0 Å². The van der Waals surface area contributed by atoms with Gasteiger partial charge in [-0.15, -0.1) is 0 Å². The third kappa shape index (κ3) is 1.90. The van der Waals surface area contributed by atoms with Crippen LogP contribution in [0.25, 0.3) is 5.57 Å². The smallest absolute Gasteiger partial charge is 0.111 e. The van der Waals surface area contributed by atoms with Crippen LogP contribution in [0.2, 0.25) is 0 Å². The summed E-state index contributed by atoms with van der Waals surface area (Å²) in [4.78, 5) is 0. The maximum absolute atomic E-state index is 10.6. The second-order valence-corrected chi connectivity index (χ2v) is 4.44. The molecule has 0 bridgehead atoms. The number of hydrogen-bond acceptors (Lipinski definition) is 3. The molecule has 1 N–H and O–H groups in total. The molecule has 0 amide bonds. The summed E-state index contributed by atoms with van der Waals surface area (Å²) >= 11 is 0. The van der Waals surface area contributed by atoms with Gasteiger partial charge in [-0.2, -0.15) is 0 Å². The van der Waals surface area contributed by atoms with Crippen molar-refractivity contribution in [2.45, 2.75) is 12.5 Å². The Morgan fingerprint density at radius 3 is 2.41 bits per heavy atom. The molecule has 0 aromatic heterocycles. The van der Waals surface area contributed by atoms with Gasteiger partial charge in [-0.05, 0) is 29.2 Å². The molecule has 1 aliphatic rings. The van der Waals surface area contributed by atoms with Crippen LogP contribution >= 0.6 is 0 Å². The molecule has 0 spiro atoms. The van der Waals surface area contributed by atoms with Gasteiger partial charge in [-0.1, -0.05) is 24.3 Å². The van der Waals surface area contributed by atoms with E-state index in [1.807, 2.05) is 31.2 Å². The van der Waals surface area contributed by atoms with E-state index in [0.717, 1.165) is 22.3 Å². The summed E-state index contributed by atoms with van der Waals surface area (Å²) in [6.45, 7) is 2.72. The lowest BCUT2D eigenvalue weighted by Crippen LogP contribution is -2.24. The molecule has 1 aromatic carbocycles. The van der Waals surface area contributed by atoms with Crippen LogP contribution in [-0.2, 0) is 15.1 Å². The topological polar surface area (TPSA) is 38.7 Å². The van der Waals surface area contributed by atoms with E-state index in [9.17, 15) is 5.11 Å². The minimum absolute atomic E-state index is 0.417. The quantitative estimate of drug-likeness (QED) is 0.865. The minimum Gasteiger partial charge on any atom is -0.381 e. The largest absolute Gasteiger partial charge is 0.381 e. The first-order valence-corrected chi connectivity index (χ1v) is 5.65. The lowest BCUT2D eigenvalue weighted by molar-refractivity contribution is 0.0795. The van der Waals surface area contributed by atoms with Gasteiger partial charge >= 0.3 is 0 Å². The molecular formula is C14H18O3. The van der Waals surface area contributed by atoms with E-state index in [0.29, 0.717) is 13.2 Å². The Balaban J connectivity index is 2.56. The van der Waals surface area contributed by atoms with Crippen molar-refractivity contribution in [2.75, 3.05) is 27.4 Å². The van der Waals surface area contributed by atoms with Crippen molar-refractivity contribution in [3.63, 3.8) is 0 Å². The van der Waals surface area contributed by atoms with Crippen molar-refractivity contribution in [3.05, 3.63) is 41.0 Å². The first-order valence-electron chi connectivity index (χ1n) is 5.65. The summed E-state index contributed by atoms with van der Waals surface area (Å²) in [6, 6.07) is 7.88. The summed E-state index contributed by atoms with van der Waals surface area (Å²) in [6.07, 6.45) is 0. The number of rotatable bonds is 4. The normalized spacial score (nSPS) is 23.1. The van der Waals surface area contributed by atoms with E-state index in [2.05, 4.69) is 0 Å². The van der Waals surface area contributed by atoms with Crippen LogP contribution in [0, 0.1) is 0 Å². The van der Waals surface area contributed by atoms with Crippen LogP contribution in [-0.4, -0.2) is 32.5 Å².